The van der Waals surface area contributed by atoms with Gasteiger partial charge in [-0.1, -0.05) is 5.09 Å². The monoisotopic (exact) mass is 611 g/mol. The van der Waals surface area contributed by atoms with E-state index in [1.165, 1.54) is 49.5 Å². The first kappa shape index (κ1) is 31.3. The van der Waals surface area contributed by atoms with Crippen LogP contribution in [0.2, 0.25) is 0 Å². The average molecular weight is 612 g/mol. The zero-order valence-corrected chi connectivity index (χ0v) is 23.7. The first-order valence-electron chi connectivity index (χ1n) is 12.8. The van der Waals surface area contributed by atoms with Gasteiger partial charge >= 0.3 is 19.8 Å². The number of aromatic nitrogens is 3. The van der Waals surface area contributed by atoms with Gasteiger partial charge in [-0.15, -0.1) is 0 Å². The molecule has 0 bridgehead atoms. The molecule has 1 aromatic carbocycles. The standard InChI is InChI=1S/C26H29F2N4O9P/c1-4-38-23(35)15(2)31-42(37,41-17-9-7-16(8-10-17)21-18(27)6-5-12-29-21)39-14-19-22(34)26(3,28)24(40-19)32-13-11-20(33)30-25(32)36/h5-13,15,19,22,24,31,34,37H,4,14H2,1-3H3/p+1/t15-,19+,22+,24+,26+,42?/m0/s1. The first-order chi connectivity index (χ1) is 19.8. The maximum Gasteiger partial charge on any atom is 0.544 e. The highest BCUT2D eigenvalue weighted by molar-refractivity contribution is 7.58. The quantitative estimate of drug-likeness (QED) is 0.185. The highest BCUT2D eigenvalue weighted by Gasteiger charge is 2.57. The summed E-state index contributed by atoms with van der Waals surface area (Å²) in [5.41, 5.74) is -3.67. The van der Waals surface area contributed by atoms with Crippen LogP contribution in [0.5, 0.6) is 5.75 Å². The number of aromatic amines is 1. The molecular formula is C26H30F2N4O9P+. The minimum absolute atomic E-state index is 0.0513. The van der Waals surface area contributed by atoms with Crippen molar-refractivity contribution in [2.45, 2.75) is 50.9 Å². The number of nitrogens with zero attached hydrogens (tertiary/aromatic N) is 2. The molecule has 4 rings (SSSR count). The largest absolute Gasteiger partial charge is 0.544 e. The lowest BCUT2D eigenvalue weighted by atomic mass is 9.98. The number of pyridine rings is 1. The number of hydrogen-bond donors (Lipinski definition) is 4. The van der Waals surface area contributed by atoms with E-state index in [0.717, 1.165) is 23.8 Å². The Morgan fingerprint density at radius 3 is 2.64 bits per heavy atom. The van der Waals surface area contributed by atoms with Crippen molar-refractivity contribution in [3.05, 3.63) is 81.5 Å². The molecule has 2 aromatic heterocycles. The Morgan fingerprint density at radius 2 is 2.00 bits per heavy atom. The molecule has 0 saturated carbocycles. The highest BCUT2D eigenvalue weighted by Crippen LogP contribution is 2.54. The molecule has 226 valence electrons. The van der Waals surface area contributed by atoms with Crippen molar-refractivity contribution in [3.63, 3.8) is 0 Å². The molecule has 4 N–H and O–H groups in total. The van der Waals surface area contributed by atoms with Crippen molar-refractivity contribution in [2.75, 3.05) is 13.2 Å². The number of aliphatic hydroxyl groups is 1. The highest BCUT2D eigenvalue weighted by atomic mass is 31.2. The van der Waals surface area contributed by atoms with Gasteiger partial charge in [-0.2, -0.15) is 9.42 Å². The van der Waals surface area contributed by atoms with E-state index >= 15 is 4.39 Å². The van der Waals surface area contributed by atoms with E-state index in [2.05, 4.69) is 10.1 Å². The van der Waals surface area contributed by atoms with Crippen molar-refractivity contribution >= 4 is 14.1 Å². The Balaban J connectivity index is 1.54. The summed E-state index contributed by atoms with van der Waals surface area (Å²) in [5, 5.41) is 13.2. The van der Waals surface area contributed by atoms with Crippen molar-refractivity contribution in [3.8, 4) is 17.0 Å². The molecule has 13 nitrogen and oxygen atoms in total. The molecule has 0 spiro atoms. The Kier molecular flexibility index (Phi) is 9.50. The van der Waals surface area contributed by atoms with Gasteiger partial charge in [-0.3, -0.25) is 28.6 Å². The smallest absolute Gasteiger partial charge is 0.465 e. The van der Waals surface area contributed by atoms with Crippen LogP contribution in [0.25, 0.3) is 11.3 Å². The molecule has 0 radical (unpaired) electrons. The molecule has 1 saturated heterocycles. The van der Waals surface area contributed by atoms with Crippen LogP contribution in [0.3, 0.4) is 0 Å². The lowest BCUT2D eigenvalue weighted by Gasteiger charge is -2.24. The van der Waals surface area contributed by atoms with Gasteiger partial charge in [0.2, 0.25) is 0 Å². The second-order valence-electron chi connectivity index (χ2n) is 9.51. The third-order valence-electron chi connectivity index (χ3n) is 6.35. The number of aliphatic hydroxyl groups excluding tert-OH is 1. The molecule has 1 aliphatic rings. The number of halogens is 2. The summed E-state index contributed by atoms with van der Waals surface area (Å²) in [5.74, 6) is -1.22. The number of alkyl halides is 1. The molecule has 6 atom stereocenters. The first-order valence-corrected chi connectivity index (χ1v) is 14.4. The van der Waals surface area contributed by atoms with Crippen LogP contribution >= 0.6 is 8.09 Å². The van der Waals surface area contributed by atoms with Gasteiger partial charge in [0.25, 0.3) is 5.56 Å². The van der Waals surface area contributed by atoms with Crippen LogP contribution < -0.4 is 20.9 Å². The summed E-state index contributed by atoms with van der Waals surface area (Å²) in [4.78, 5) is 53.3. The fourth-order valence-corrected chi connectivity index (χ4v) is 5.74. The maximum absolute atomic E-state index is 15.6. The Bertz CT molecular complexity index is 1520. The van der Waals surface area contributed by atoms with Crippen LogP contribution in [0.4, 0.5) is 8.78 Å². The Labute approximate surface area is 238 Å². The maximum atomic E-state index is 15.6. The van der Waals surface area contributed by atoms with Crippen LogP contribution in [-0.4, -0.2) is 67.6 Å². The predicted molar refractivity (Wildman–Crippen MR) is 145 cm³/mol. The predicted octanol–water partition coefficient (Wildman–Crippen LogP) is 2.03. The molecule has 3 heterocycles. The summed E-state index contributed by atoms with van der Waals surface area (Å²) >= 11 is 0. The molecule has 42 heavy (non-hydrogen) atoms. The number of carbonyl (C=O) groups excluding carboxylic acids is 1. The number of carbonyl (C=O) groups is 1. The molecular weight excluding hydrogens is 581 g/mol. The van der Waals surface area contributed by atoms with Gasteiger partial charge in [0.1, 0.15) is 36.4 Å². The fraction of sp³-hybridized carbons (Fsp3) is 0.385. The lowest BCUT2D eigenvalue weighted by molar-refractivity contribution is -0.144. The molecule has 0 amide bonds. The third kappa shape index (κ3) is 6.89. The zero-order chi connectivity index (χ0) is 30.7. The van der Waals surface area contributed by atoms with Gasteiger partial charge in [0, 0.05) is 24.0 Å². The van der Waals surface area contributed by atoms with E-state index in [1.807, 2.05) is 4.98 Å². The van der Waals surface area contributed by atoms with Crippen LogP contribution in [0, 0.1) is 5.82 Å². The number of nitrogens with one attached hydrogen (secondary N) is 2. The Hall–Kier alpha value is -3.59. The number of rotatable bonds is 11. The lowest BCUT2D eigenvalue weighted by Crippen LogP contribution is -2.44. The van der Waals surface area contributed by atoms with E-state index in [1.54, 1.807) is 6.92 Å². The Morgan fingerprint density at radius 1 is 1.29 bits per heavy atom. The van der Waals surface area contributed by atoms with E-state index in [9.17, 15) is 28.8 Å². The fourth-order valence-electron chi connectivity index (χ4n) is 4.21. The van der Waals surface area contributed by atoms with Gasteiger partial charge in [-0.25, -0.2) is 13.6 Å². The number of H-pyrrole nitrogens is 1. The van der Waals surface area contributed by atoms with E-state index < -0.39 is 67.9 Å². The molecule has 1 fully saturated rings. The van der Waals surface area contributed by atoms with Crippen molar-refractivity contribution in [2.24, 2.45) is 0 Å². The van der Waals surface area contributed by atoms with Crippen molar-refractivity contribution in [1.82, 2.24) is 19.6 Å². The summed E-state index contributed by atoms with van der Waals surface area (Å²) in [6.45, 7) is 3.41. The van der Waals surface area contributed by atoms with E-state index in [4.69, 9.17) is 18.5 Å². The summed E-state index contributed by atoms with van der Waals surface area (Å²) in [7, 11) is -4.22. The SMILES string of the molecule is CCOC(=O)[C@H](C)N[P+](O)(OC[C@H]1O[C@@H](n2ccc(=O)[nH]c2=O)[C@](C)(F)[C@@H]1O)Oc1ccc(-c2ncccc2F)cc1. The van der Waals surface area contributed by atoms with Gasteiger partial charge in [-0.05, 0) is 57.2 Å². The van der Waals surface area contributed by atoms with Crippen LogP contribution in [-0.2, 0) is 18.8 Å². The minimum atomic E-state index is -4.22. The summed E-state index contributed by atoms with van der Waals surface area (Å²) in [6, 6.07) is 8.37. The minimum Gasteiger partial charge on any atom is -0.465 e. The molecule has 0 aliphatic carbocycles. The van der Waals surface area contributed by atoms with E-state index in [-0.39, 0.29) is 18.1 Å². The average Bonchev–Trinajstić information content (AvgIpc) is 3.16. The second kappa shape index (κ2) is 12.7. The van der Waals surface area contributed by atoms with Crippen LogP contribution in [0.15, 0.2) is 64.4 Å². The van der Waals surface area contributed by atoms with Crippen molar-refractivity contribution < 1.29 is 42.1 Å². The number of benzene rings is 1. The van der Waals surface area contributed by atoms with Gasteiger partial charge in [0.15, 0.2) is 17.6 Å². The zero-order valence-electron chi connectivity index (χ0n) is 22.8. The third-order valence-corrected chi connectivity index (χ3v) is 8.02. The second-order valence-corrected chi connectivity index (χ2v) is 11.2. The van der Waals surface area contributed by atoms with Gasteiger partial charge in [0.05, 0.1) is 6.61 Å². The molecule has 3 aromatic rings. The topological polar surface area (TPSA) is 174 Å². The summed E-state index contributed by atoms with van der Waals surface area (Å²) < 4.78 is 52.4. The number of ether oxygens (including phenoxy) is 2. The molecule has 1 unspecified atom stereocenters. The number of hydrogen-bond acceptors (Lipinski definition) is 11. The van der Waals surface area contributed by atoms with Crippen LogP contribution in [0.1, 0.15) is 27.0 Å². The summed E-state index contributed by atoms with van der Waals surface area (Å²) in [6.07, 6.45) is -2.46. The number of esters is 1. The van der Waals surface area contributed by atoms with E-state index in [0.29, 0.717) is 5.56 Å². The molecule has 1 aliphatic heterocycles. The molecule has 16 heteroatoms. The normalized spacial score (nSPS) is 24.1. The van der Waals surface area contributed by atoms with Gasteiger partial charge < -0.3 is 14.6 Å². The van der Waals surface area contributed by atoms with Crippen molar-refractivity contribution in [1.29, 1.82) is 0 Å².